The molecule has 0 spiro atoms. The standard InChI is InChI=1S/C19H20ClNO4/c1-24-17-8-4-14(5-9-17)10-11-21-18(22)13-25-19(23)12-15-2-6-16(20)7-3-15/h2-9H,10-13H2,1H3,(H,21,22). The van der Waals surface area contributed by atoms with Crippen molar-refractivity contribution in [3.63, 3.8) is 0 Å². The smallest absolute Gasteiger partial charge is 0.310 e. The summed E-state index contributed by atoms with van der Waals surface area (Å²) in [4.78, 5) is 23.4. The van der Waals surface area contributed by atoms with Crippen molar-refractivity contribution >= 4 is 23.5 Å². The number of rotatable bonds is 8. The van der Waals surface area contributed by atoms with Gasteiger partial charge in [-0.05, 0) is 41.8 Å². The number of carbonyl (C=O) groups is 2. The zero-order valence-corrected chi connectivity index (χ0v) is 14.7. The molecule has 132 valence electrons. The number of esters is 1. The molecule has 25 heavy (non-hydrogen) atoms. The van der Waals surface area contributed by atoms with Crippen LogP contribution in [0.2, 0.25) is 5.02 Å². The first-order chi connectivity index (χ1) is 12.1. The molecule has 2 rings (SSSR count). The lowest BCUT2D eigenvalue weighted by Gasteiger charge is -2.07. The van der Waals surface area contributed by atoms with Crippen LogP contribution in [0.4, 0.5) is 0 Å². The highest BCUT2D eigenvalue weighted by Crippen LogP contribution is 2.11. The number of hydrogen-bond donors (Lipinski definition) is 1. The highest BCUT2D eigenvalue weighted by Gasteiger charge is 2.08. The molecule has 2 aromatic carbocycles. The predicted octanol–water partition coefficient (Wildman–Crippen LogP) is 2.79. The zero-order valence-electron chi connectivity index (χ0n) is 14.0. The number of methoxy groups -OCH3 is 1. The molecule has 1 amide bonds. The van der Waals surface area contributed by atoms with Gasteiger partial charge in [0.25, 0.3) is 5.91 Å². The normalized spacial score (nSPS) is 10.2. The number of benzene rings is 2. The minimum absolute atomic E-state index is 0.107. The summed E-state index contributed by atoms with van der Waals surface area (Å²) >= 11 is 5.78. The van der Waals surface area contributed by atoms with Crippen molar-refractivity contribution in [1.29, 1.82) is 0 Å². The Labute approximate surface area is 151 Å². The molecule has 0 heterocycles. The van der Waals surface area contributed by atoms with Gasteiger partial charge in [-0.3, -0.25) is 9.59 Å². The van der Waals surface area contributed by atoms with E-state index in [1.165, 1.54) is 0 Å². The molecule has 0 aromatic heterocycles. The average Bonchev–Trinajstić information content (AvgIpc) is 2.62. The maximum Gasteiger partial charge on any atom is 0.310 e. The second kappa shape index (κ2) is 9.69. The number of hydrogen-bond acceptors (Lipinski definition) is 4. The van der Waals surface area contributed by atoms with Gasteiger partial charge in [-0.1, -0.05) is 35.9 Å². The number of ether oxygens (including phenoxy) is 2. The van der Waals surface area contributed by atoms with Crippen LogP contribution in [0.25, 0.3) is 0 Å². The van der Waals surface area contributed by atoms with Gasteiger partial charge in [0.15, 0.2) is 6.61 Å². The fourth-order valence-electron chi connectivity index (χ4n) is 2.16. The quantitative estimate of drug-likeness (QED) is 0.734. The van der Waals surface area contributed by atoms with Gasteiger partial charge in [0.1, 0.15) is 5.75 Å². The fraction of sp³-hybridized carbons (Fsp3) is 0.263. The Morgan fingerprint density at radius 3 is 2.28 bits per heavy atom. The third kappa shape index (κ3) is 6.85. The first-order valence-electron chi connectivity index (χ1n) is 7.86. The number of nitrogens with one attached hydrogen (secondary N) is 1. The van der Waals surface area contributed by atoms with Crippen molar-refractivity contribution in [3.8, 4) is 5.75 Å². The highest BCUT2D eigenvalue weighted by atomic mass is 35.5. The molecule has 1 N–H and O–H groups in total. The van der Waals surface area contributed by atoms with Gasteiger partial charge in [-0.2, -0.15) is 0 Å². The van der Waals surface area contributed by atoms with Crippen LogP contribution in [0.15, 0.2) is 48.5 Å². The van der Waals surface area contributed by atoms with Crippen molar-refractivity contribution in [1.82, 2.24) is 5.32 Å². The number of carbonyl (C=O) groups excluding carboxylic acids is 2. The predicted molar refractivity (Wildman–Crippen MR) is 95.8 cm³/mol. The molecule has 0 fully saturated rings. The summed E-state index contributed by atoms with van der Waals surface area (Å²) < 4.78 is 10.1. The summed E-state index contributed by atoms with van der Waals surface area (Å²) in [7, 11) is 1.61. The van der Waals surface area contributed by atoms with Crippen LogP contribution < -0.4 is 10.1 Å². The SMILES string of the molecule is COc1ccc(CCNC(=O)COC(=O)Cc2ccc(Cl)cc2)cc1. The molecule has 0 saturated heterocycles. The second-order valence-corrected chi connectivity index (χ2v) is 5.85. The van der Waals surface area contributed by atoms with E-state index in [9.17, 15) is 9.59 Å². The van der Waals surface area contributed by atoms with Crippen LogP contribution in [0.5, 0.6) is 5.75 Å². The van der Waals surface area contributed by atoms with Crippen LogP contribution in [0, 0.1) is 0 Å². The van der Waals surface area contributed by atoms with Gasteiger partial charge in [0, 0.05) is 11.6 Å². The third-order valence-corrected chi connectivity index (χ3v) is 3.77. The summed E-state index contributed by atoms with van der Waals surface area (Å²) in [6.45, 7) is 0.189. The molecular formula is C19H20ClNO4. The van der Waals surface area contributed by atoms with Gasteiger partial charge in [0.05, 0.1) is 13.5 Å². The lowest BCUT2D eigenvalue weighted by atomic mass is 10.1. The molecular weight excluding hydrogens is 342 g/mol. The fourth-order valence-corrected chi connectivity index (χ4v) is 2.28. The Morgan fingerprint density at radius 2 is 1.64 bits per heavy atom. The molecule has 0 atom stereocenters. The molecule has 0 bridgehead atoms. The van der Waals surface area contributed by atoms with E-state index in [0.29, 0.717) is 18.0 Å². The summed E-state index contributed by atoms with van der Waals surface area (Å²) in [6, 6.07) is 14.5. The summed E-state index contributed by atoms with van der Waals surface area (Å²) in [5, 5.41) is 3.33. The van der Waals surface area contributed by atoms with E-state index in [1.54, 1.807) is 31.4 Å². The van der Waals surface area contributed by atoms with Gasteiger partial charge in [0.2, 0.25) is 0 Å². The Hall–Kier alpha value is -2.53. The van der Waals surface area contributed by atoms with Gasteiger partial charge >= 0.3 is 5.97 Å². The maximum absolute atomic E-state index is 11.7. The Morgan fingerprint density at radius 1 is 1.00 bits per heavy atom. The molecule has 2 aromatic rings. The lowest BCUT2D eigenvalue weighted by Crippen LogP contribution is -2.30. The molecule has 0 aliphatic rings. The van der Waals surface area contributed by atoms with Gasteiger partial charge in [-0.25, -0.2) is 0 Å². The van der Waals surface area contributed by atoms with E-state index in [1.807, 2.05) is 24.3 Å². The van der Waals surface area contributed by atoms with Crippen molar-refractivity contribution in [2.45, 2.75) is 12.8 Å². The Kier molecular flexibility index (Phi) is 7.29. The van der Waals surface area contributed by atoms with E-state index in [4.69, 9.17) is 21.1 Å². The first kappa shape index (κ1) is 18.8. The lowest BCUT2D eigenvalue weighted by molar-refractivity contribution is -0.147. The Bertz CT molecular complexity index is 698. The maximum atomic E-state index is 11.7. The molecule has 6 heteroatoms. The molecule has 0 aliphatic heterocycles. The first-order valence-corrected chi connectivity index (χ1v) is 8.24. The topological polar surface area (TPSA) is 64.6 Å². The highest BCUT2D eigenvalue weighted by molar-refractivity contribution is 6.30. The Balaban J connectivity index is 1.64. The number of halogens is 1. The van der Waals surface area contributed by atoms with Crippen LogP contribution in [0.1, 0.15) is 11.1 Å². The van der Waals surface area contributed by atoms with Crippen molar-refractivity contribution in [2.75, 3.05) is 20.3 Å². The van der Waals surface area contributed by atoms with E-state index in [0.717, 1.165) is 16.9 Å². The largest absolute Gasteiger partial charge is 0.497 e. The van der Waals surface area contributed by atoms with Crippen LogP contribution in [0.3, 0.4) is 0 Å². The molecule has 0 saturated carbocycles. The van der Waals surface area contributed by atoms with Crippen molar-refractivity contribution in [2.24, 2.45) is 0 Å². The van der Waals surface area contributed by atoms with Gasteiger partial charge in [-0.15, -0.1) is 0 Å². The van der Waals surface area contributed by atoms with E-state index in [2.05, 4.69) is 5.32 Å². The minimum atomic E-state index is -0.451. The molecule has 5 nitrogen and oxygen atoms in total. The molecule has 0 unspecified atom stereocenters. The zero-order chi connectivity index (χ0) is 18.1. The molecule has 0 radical (unpaired) electrons. The third-order valence-electron chi connectivity index (χ3n) is 3.52. The van der Waals surface area contributed by atoms with Gasteiger partial charge < -0.3 is 14.8 Å². The van der Waals surface area contributed by atoms with E-state index >= 15 is 0 Å². The molecule has 0 aliphatic carbocycles. The van der Waals surface area contributed by atoms with Crippen LogP contribution in [-0.4, -0.2) is 32.1 Å². The van der Waals surface area contributed by atoms with E-state index < -0.39 is 5.97 Å². The monoisotopic (exact) mass is 361 g/mol. The minimum Gasteiger partial charge on any atom is -0.497 e. The number of amides is 1. The average molecular weight is 362 g/mol. The van der Waals surface area contributed by atoms with Crippen LogP contribution in [-0.2, 0) is 27.2 Å². The summed E-state index contributed by atoms with van der Waals surface area (Å²) in [5.74, 6) is 0.0194. The van der Waals surface area contributed by atoms with Crippen molar-refractivity contribution in [3.05, 3.63) is 64.7 Å². The summed E-state index contributed by atoms with van der Waals surface area (Å²) in [6.07, 6.45) is 0.796. The second-order valence-electron chi connectivity index (χ2n) is 5.41. The van der Waals surface area contributed by atoms with E-state index in [-0.39, 0.29) is 18.9 Å². The van der Waals surface area contributed by atoms with Crippen LogP contribution >= 0.6 is 11.6 Å². The van der Waals surface area contributed by atoms with Crippen molar-refractivity contribution < 1.29 is 19.1 Å². The summed E-state index contributed by atoms with van der Waals surface area (Å²) in [5.41, 5.74) is 1.87.